The van der Waals surface area contributed by atoms with Gasteiger partial charge in [-0.05, 0) is 53.5 Å². The lowest BCUT2D eigenvalue weighted by Crippen LogP contribution is -2.02. The molecule has 0 saturated heterocycles. The summed E-state index contributed by atoms with van der Waals surface area (Å²) in [6, 6.07) is 8.89. The first-order chi connectivity index (χ1) is 8.70. The van der Waals surface area contributed by atoms with Gasteiger partial charge in [-0.25, -0.2) is 4.98 Å². The van der Waals surface area contributed by atoms with Gasteiger partial charge < -0.3 is 4.74 Å². The molecule has 4 heteroatoms. The summed E-state index contributed by atoms with van der Waals surface area (Å²) in [4.78, 5) is 8.48. The summed E-state index contributed by atoms with van der Waals surface area (Å²) in [6.07, 6.45) is 3.70. The quantitative estimate of drug-likeness (QED) is 0.791. The molecule has 3 nitrogen and oxygen atoms in total. The van der Waals surface area contributed by atoms with E-state index in [0.717, 1.165) is 22.1 Å². The fraction of sp³-hybridized carbons (Fsp3) is 0.286. The van der Waals surface area contributed by atoms with E-state index < -0.39 is 0 Å². The number of methoxy groups -OCH3 is 1. The fourth-order valence-electron chi connectivity index (χ4n) is 1.80. The van der Waals surface area contributed by atoms with Gasteiger partial charge in [-0.2, -0.15) is 4.98 Å². The van der Waals surface area contributed by atoms with Crippen molar-refractivity contribution < 1.29 is 4.74 Å². The van der Waals surface area contributed by atoms with E-state index in [2.05, 4.69) is 63.7 Å². The maximum atomic E-state index is 5.06. The lowest BCUT2D eigenvalue weighted by atomic mass is 10.0. The van der Waals surface area contributed by atoms with Crippen molar-refractivity contribution in [1.82, 2.24) is 9.97 Å². The van der Waals surface area contributed by atoms with Gasteiger partial charge in [0.1, 0.15) is 0 Å². The number of benzene rings is 1. The van der Waals surface area contributed by atoms with Gasteiger partial charge in [0.2, 0.25) is 0 Å². The molecule has 0 aliphatic heterocycles. The third-order valence-corrected chi connectivity index (χ3v) is 3.77. The molecule has 18 heavy (non-hydrogen) atoms. The summed E-state index contributed by atoms with van der Waals surface area (Å²) < 4.78 is 6.15. The summed E-state index contributed by atoms with van der Waals surface area (Å²) in [5.74, 6) is 0. The molecule has 94 valence electrons. The molecule has 1 aromatic carbocycles. The Hall–Kier alpha value is -1.17. The Morgan fingerprint density at radius 2 is 2.00 bits per heavy atom. The van der Waals surface area contributed by atoms with Crippen LogP contribution in [0.4, 0.5) is 0 Å². The van der Waals surface area contributed by atoms with Gasteiger partial charge in [0, 0.05) is 6.20 Å². The Bertz CT molecular complexity index is 543. The second kappa shape index (κ2) is 6.13. The Balaban J connectivity index is 2.13. The van der Waals surface area contributed by atoms with Gasteiger partial charge in [0.05, 0.1) is 16.4 Å². The van der Waals surface area contributed by atoms with Crippen molar-refractivity contribution in [3.63, 3.8) is 0 Å². The number of aromatic nitrogens is 2. The molecule has 0 aliphatic carbocycles. The smallest absolute Gasteiger partial charge is 0.316 e. The first kappa shape index (κ1) is 13.3. The van der Waals surface area contributed by atoms with Crippen LogP contribution >= 0.6 is 22.6 Å². The number of rotatable bonds is 4. The minimum absolute atomic E-state index is 0.440. The van der Waals surface area contributed by atoms with E-state index in [9.17, 15) is 0 Å². The Morgan fingerprint density at radius 3 is 2.72 bits per heavy atom. The third-order valence-electron chi connectivity index (χ3n) is 2.87. The molecule has 2 aromatic rings. The summed E-state index contributed by atoms with van der Waals surface area (Å²) in [5.41, 5.74) is 3.74. The third kappa shape index (κ3) is 3.19. The van der Waals surface area contributed by atoms with E-state index >= 15 is 0 Å². The average molecular weight is 354 g/mol. The van der Waals surface area contributed by atoms with Crippen LogP contribution in [0, 0.1) is 10.5 Å². The highest BCUT2D eigenvalue weighted by Gasteiger charge is 2.06. The molecule has 0 bridgehead atoms. The zero-order valence-corrected chi connectivity index (χ0v) is 12.6. The van der Waals surface area contributed by atoms with E-state index in [4.69, 9.17) is 4.74 Å². The number of hydrogen-bond acceptors (Lipinski definition) is 3. The molecular formula is C14H15IN2O. The Labute approximate surface area is 121 Å². The van der Waals surface area contributed by atoms with Crippen molar-refractivity contribution >= 4 is 22.6 Å². The van der Waals surface area contributed by atoms with E-state index in [0.29, 0.717) is 6.01 Å². The van der Waals surface area contributed by atoms with Crippen LogP contribution in [-0.2, 0) is 12.8 Å². The molecule has 0 amide bonds. The predicted octanol–water partition coefficient (Wildman–Crippen LogP) is 3.18. The van der Waals surface area contributed by atoms with Gasteiger partial charge in [0.15, 0.2) is 0 Å². The second-order valence-electron chi connectivity index (χ2n) is 4.08. The summed E-state index contributed by atoms with van der Waals surface area (Å²) >= 11 is 2.26. The van der Waals surface area contributed by atoms with Crippen molar-refractivity contribution in [2.75, 3.05) is 7.11 Å². The lowest BCUT2D eigenvalue weighted by Gasteiger charge is -2.07. The maximum Gasteiger partial charge on any atom is 0.316 e. The van der Waals surface area contributed by atoms with Crippen molar-refractivity contribution in [1.29, 1.82) is 0 Å². The first-order valence-electron chi connectivity index (χ1n) is 5.80. The maximum absolute atomic E-state index is 5.06. The van der Waals surface area contributed by atoms with Crippen LogP contribution in [0.1, 0.15) is 16.8 Å². The minimum atomic E-state index is 0.440. The molecule has 1 heterocycles. The molecular weight excluding hydrogens is 339 g/mol. The van der Waals surface area contributed by atoms with Crippen LogP contribution in [0.2, 0.25) is 0 Å². The molecule has 0 fully saturated rings. The van der Waals surface area contributed by atoms with Gasteiger partial charge in [-0.15, -0.1) is 0 Å². The standard InChI is InChI=1S/C14H15IN2O/c1-10-5-3-4-6-11(10)7-8-13-12(15)9-16-14(17-13)18-2/h3-6,9H,7-8H2,1-2H3. The summed E-state index contributed by atoms with van der Waals surface area (Å²) in [7, 11) is 1.59. The Morgan fingerprint density at radius 1 is 1.22 bits per heavy atom. The number of hydrogen-bond donors (Lipinski definition) is 0. The van der Waals surface area contributed by atoms with Gasteiger partial charge in [-0.3, -0.25) is 0 Å². The monoisotopic (exact) mass is 354 g/mol. The van der Waals surface area contributed by atoms with Crippen LogP contribution in [0.3, 0.4) is 0 Å². The molecule has 0 aliphatic rings. The zero-order valence-electron chi connectivity index (χ0n) is 10.5. The fourth-order valence-corrected chi connectivity index (χ4v) is 2.33. The van der Waals surface area contributed by atoms with Crippen molar-refractivity contribution in [3.8, 4) is 6.01 Å². The molecule has 2 rings (SSSR count). The largest absolute Gasteiger partial charge is 0.467 e. The van der Waals surface area contributed by atoms with Crippen LogP contribution in [0.15, 0.2) is 30.5 Å². The summed E-state index contributed by atoms with van der Waals surface area (Å²) in [6.45, 7) is 2.14. The molecule has 0 spiro atoms. The number of halogens is 1. The highest BCUT2D eigenvalue weighted by Crippen LogP contribution is 2.16. The minimum Gasteiger partial charge on any atom is -0.467 e. The first-order valence-corrected chi connectivity index (χ1v) is 6.88. The molecule has 0 N–H and O–H groups in total. The van der Waals surface area contributed by atoms with Crippen LogP contribution in [-0.4, -0.2) is 17.1 Å². The van der Waals surface area contributed by atoms with E-state index in [1.165, 1.54) is 11.1 Å². The van der Waals surface area contributed by atoms with Crippen molar-refractivity contribution in [2.24, 2.45) is 0 Å². The van der Waals surface area contributed by atoms with Crippen LogP contribution in [0.5, 0.6) is 6.01 Å². The van der Waals surface area contributed by atoms with E-state index in [-0.39, 0.29) is 0 Å². The van der Waals surface area contributed by atoms with Gasteiger partial charge in [0.25, 0.3) is 0 Å². The number of aryl methyl sites for hydroxylation is 3. The van der Waals surface area contributed by atoms with Crippen LogP contribution in [0.25, 0.3) is 0 Å². The van der Waals surface area contributed by atoms with Crippen LogP contribution < -0.4 is 4.74 Å². The highest BCUT2D eigenvalue weighted by molar-refractivity contribution is 14.1. The predicted molar refractivity (Wildman–Crippen MR) is 79.9 cm³/mol. The molecule has 1 aromatic heterocycles. The highest BCUT2D eigenvalue weighted by atomic mass is 127. The van der Waals surface area contributed by atoms with Crippen molar-refractivity contribution in [2.45, 2.75) is 19.8 Å². The van der Waals surface area contributed by atoms with Gasteiger partial charge in [-0.1, -0.05) is 24.3 Å². The molecule has 0 saturated carbocycles. The van der Waals surface area contributed by atoms with Gasteiger partial charge >= 0.3 is 6.01 Å². The summed E-state index contributed by atoms with van der Waals surface area (Å²) in [5, 5.41) is 0. The normalized spacial score (nSPS) is 10.4. The Kier molecular flexibility index (Phi) is 4.52. The molecule has 0 radical (unpaired) electrons. The van der Waals surface area contributed by atoms with E-state index in [1.807, 2.05) is 0 Å². The topological polar surface area (TPSA) is 35.0 Å². The molecule has 0 atom stereocenters. The average Bonchev–Trinajstić information content (AvgIpc) is 2.39. The zero-order chi connectivity index (χ0) is 13.0. The number of ether oxygens (including phenoxy) is 1. The van der Waals surface area contributed by atoms with Crippen molar-refractivity contribution in [3.05, 3.63) is 50.9 Å². The van der Waals surface area contributed by atoms with E-state index in [1.54, 1.807) is 13.3 Å². The second-order valence-corrected chi connectivity index (χ2v) is 5.24. The lowest BCUT2D eigenvalue weighted by molar-refractivity contribution is 0.377. The number of nitrogens with zero attached hydrogens (tertiary/aromatic N) is 2. The SMILES string of the molecule is COc1ncc(I)c(CCc2ccccc2C)n1. The molecule has 0 unspecified atom stereocenters.